The summed E-state index contributed by atoms with van der Waals surface area (Å²) in [5.41, 5.74) is -0.428. The molecule has 1 aliphatic rings. The van der Waals surface area contributed by atoms with Gasteiger partial charge in [-0.3, -0.25) is 4.90 Å². The number of aliphatic hydroxyl groups is 1. The second-order valence-electron chi connectivity index (χ2n) is 5.78. The highest BCUT2D eigenvalue weighted by atomic mass is 16.6. The first-order chi connectivity index (χ1) is 8.92. The average molecular weight is 273 g/mol. The summed E-state index contributed by atoms with van der Waals surface area (Å²) in [6.45, 7) is 11.5. The standard InChI is InChI=1S/C13H27N3O3/c1-13(2,3)19-12(18)16-9-7-15(8-10-16)6-4-14-5-11-17/h14,17H,4-11H2,1-3H3. The first-order valence-corrected chi connectivity index (χ1v) is 6.94. The van der Waals surface area contributed by atoms with Crippen LogP contribution in [0.4, 0.5) is 4.79 Å². The largest absolute Gasteiger partial charge is 0.444 e. The Balaban J connectivity index is 2.19. The normalized spacial score (nSPS) is 17.6. The second kappa shape index (κ2) is 7.67. The summed E-state index contributed by atoms with van der Waals surface area (Å²) in [5.74, 6) is 0. The smallest absolute Gasteiger partial charge is 0.410 e. The van der Waals surface area contributed by atoms with Crippen LogP contribution in [-0.4, -0.2) is 79.0 Å². The van der Waals surface area contributed by atoms with Gasteiger partial charge < -0.3 is 20.1 Å². The van der Waals surface area contributed by atoms with E-state index in [9.17, 15) is 4.79 Å². The average Bonchev–Trinajstić information content (AvgIpc) is 2.33. The molecule has 6 nitrogen and oxygen atoms in total. The van der Waals surface area contributed by atoms with Gasteiger partial charge in [0.25, 0.3) is 0 Å². The van der Waals surface area contributed by atoms with Crippen LogP contribution in [0.25, 0.3) is 0 Å². The van der Waals surface area contributed by atoms with Crippen molar-refractivity contribution in [3.05, 3.63) is 0 Å². The number of piperazine rings is 1. The van der Waals surface area contributed by atoms with Crippen LogP contribution < -0.4 is 5.32 Å². The molecule has 0 aromatic carbocycles. The third-order valence-corrected chi connectivity index (χ3v) is 2.92. The first-order valence-electron chi connectivity index (χ1n) is 6.94. The van der Waals surface area contributed by atoms with E-state index >= 15 is 0 Å². The van der Waals surface area contributed by atoms with Crippen LogP contribution in [0.1, 0.15) is 20.8 Å². The maximum absolute atomic E-state index is 11.9. The Morgan fingerprint density at radius 3 is 2.37 bits per heavy atom. The lowest BCUT2D eigenvalue weighted by molar-refractivity contribution is 0.0146. The number of hydrogen-bond donors (Lipinski definition) is 2. The van der Waals surface area contributed by atoms with Gasteiger partial charge in [-0.25, -0.2) is 4.79 Å². The van der Waals surface area contributed by atoms with E-state index in [1.807, 2.05) is 20.8 Å². The fraction of sp³-hybridized carbons (Fsp3) is 0.923. The summed E-state index contributed by atoms with van der Waals surface area (Å²) in [4.78, 5) is 15.9. The molecule has 6 heteroatoms. The summed E-state index contributed by atoms with van der Waals surface area (Å²) < 4.78 is 5.35. The second-order valence-corrected chi connectivity index (χ2v) is 5.78. The molecule has 1 heterocycles. The van der Waals surface area contributed by atoms with E-state index in [0.29, 0.717) is 6.54 Å². The number of nitrogens with zero attached hydrogens (tertiary/aromatic N) is 2. The first kappa shape index (κ1) is 16.2. The zero-order valence-corrected chi connectivity index (χ0v) is 12.3. The zero-order chi connectivity index (χ0) is 14.3. The van der Waals surface area contributed by atoms with Gasteiger partial charge in [-0.15, -0.1) is 0 Å². The summed E-state index contributed by atoms with van der Waals surface area (Å²) in [7, 11) is 0. The molecule has 0 spiro atoms. The molecule has 1 fully saturated rings. The molecule has 0 aromatic rings. The van der Waals surface area contributed by atoms with Gasteiger partial charge in [0, 0.05) is 45.8 Å². The minimum absolute atomic E-state index is 0.173. The van der Waals surface area contributed by atoms with Crippen LogP contribution in [0.3, 0.4) is 0 Å². The van der Waals surface area contributed by atoms with E-state index in [0.717, 1.165) is 39.3 Å². The number of ether oxygens (including phenoxy) is 1. The van der Waals surface area contributed by atoms with Crippen molar-refractivity contribution in [2.24, 2.45) is 0 Å². The molecular formula is C13H27N3O3. The summed E-state index contributed by atoms with van der Waals surface area (Å²) >= 11 is 0. The van der Waals surface area contributed by atoms with Crippen molar-refractivity contribution < 1.29 is 14.6 Å². The van der Waals surface area contributed by atoms with Gasteiger partial charge >= 0.3 is 6.09 Å². The van der Waals surface area contributed by atoms with Gasteiger partial charge in [0.1, 0.15) is 5.60 Å². The van der Waals surface area contributed by atoms with Crippen molar-refractivity contribution in [2.45, 2.75) is 26.4 Å². The Kier molecular flexibility index (Phi) is 6.54. The molecule has 0 bridgehead atoms. The molecule has 1 amide bonds. The quantitative estimate of drug-likeness (QED) is 0.697. The minimum Gasteiger partial charge on any atom is -0.444 e. The molecule has 0 aromatic heterocycles. The number of amides is 1. The van der Waals surface area contributed by atoms with Crippen molar-refractivity contribution in [1.29, 1.82) is 0 Å². The van der Waals surface area contributed by atoms with Crippen LogP contribution in [0, 0.1) is 0 Å². The monoisotopic (exact) mass is 273 g/mol. The Morgan fingerprint density at radius 1 is 1.21 bits per heavy atom. The number of hydrogen-bond acceptors (Lipinski definition) is 5. The Hall–Kier alpha value is -0.850. The number of carbonyl (C=O) groups is 1. The Labute approximate surface area is 115 Å². The van der Waals surface area contributed by atoms with Crippen molar-refractivity contribution >= 4 is 6.09 Å². The molecule has 0 aliphatic carbocycles. The summed E-state index contributed by atoms with van der Waals surface area (Å²) in [6, 6.07) is 0. The van der Waals surface area contributed by atoms with E-state index in [2.05, 4.69) is 10.2 Å². The van der Waals surface area contributed by atoms with E-state index < -0.39 is 5.60 Å². The highest BCUT2D eigenvalue weighted by Crippen LogP contribution is 2.11. The summed E-state index contributed by atoms with van der Waals surface area (Å²) in [5, 5.41) is 11.8. The van der Waals surface area contributed by atoms with Crippen molar-refractivity contribution in [3.63, 3.8) is 0 Å². The maximum atomic E-state index is 11.9. The predicted molar refractivity (Wildman–Crippen MR) is 74.2 cm³/mol. The molecule has 0 atom stereocenters. The van der Waals surface area contributed by atoms with Crippen LogP contribution in [0.2, 0.25) is 0 Å². The van der Waals surface area contributed by atoms with Crippen molar-refractivity contribution in [3.8, 4) is 0 Å². The number of rotatable bonds is 5. The number of aliphatic hydroxyl groups excluding tert-OH is 1. The fourth-order valence-corrected chi connectivity index (χ4v) is 1.92. The molecule has 1 rings (SSSR count). The van der Waals surface area contributed by atoms with Gasteiger partial charge in [0.2, 0.25) is 0 Å². The molecule has 112 valence electrons. The van der Waals surface area contributed by atoms with Crippen LogP contribution in [-0.2, 0) is 4.74 Å². The number of nitrogens with one attached hydrogen (secondary N) is 1. The third-order valence-electron chi connectivity index (χ3n) is 2.92. The molecular weight excluding hydrogens is 246 g/mol. The Morgan fingerprint density at radius 2 is 1.84 bits per heavy atom. The van der Waals surface area contributed by atoms with Gasteiger partial charge in [-0.2, -0.15) is 0 Å². The lowest BCUT2D eigenvalue weighted by Gasteiger charge is -2.35. The molecule has 0 radical (unpaired) electrons. The van der Waals surface area contributed by atoms with Gasteiger partial charge in [-0.1, -0.05) is 0 Å². The lowest BCUT2D eigenvalue weighted by Crippen LogP contribution is -2.51. The van der Waals surface area contributed by atoms with Gasteiger partial charge in [0.05, 0.1) is 6.61 Å². The molecule has 2 N–H and O–H groups in total. The van der Waals surface area contributed by atoms with Crippen LogP contribution in [0.15, 0.2) is 0 Å². The molecule has 0 saturated carbocycles. The topological polar surface area (TPSA) is 65.0 Å². The molecule has 0 unspecified atom stereocenters. The van der Waals surface area contributed by atoms with Crippen LogP contribution >= 0.6 is 0 Å². The zero-order valence-electron chi connectivity index (χ0n) is 12.3. The SMILES string of the molecule is CC(C)(C)OC(=O)N1CCN(CCNCCO)CC1. The number of carbonyl (C=O) groups excluding carboxylic acids is 1. The van der Waals surface area contributed by atoms with Gasteiger partial charge in [0.15, 0.2) is 0 Å². The Bertz CT molecular complexity index is 271. The molecule has 1 saturated heterocycles. The van der Waals surface area contributed by atoms with E-state index in [4.69, 9.17) is 9.84 Å². The van der Waals surface area contributed by atoms with Crippen molar-refractivity contribution in [1.82, 2.24) is 15.1 Å². The van der Waals surface area contributed by atoms with Crippen LogP contribution in [0.5, 0.6) is 0 Å². The van der Waals surface area contributed by atoms with Crippen molar-refractivity contribution in [2.75, 3.05) is 52.4 Å². The highest BCUT2D eigenvalue weighted by Gasteiger charge is 2.25. The third kappa shape index (κ3) is 6.75. The van der Waals surface area contributed by atoms with E-state index in [-0.39, 0.29) is 12.7 Å². The molecule has 19 heavy (non-hydrogen) atoms. The van der Waals surface area contributed by atoms with Gasteiger partial charge in [-0.05, 0) is 20.8 Å². The highest BCUT2D eigenvalue weighted by molar-refractivity contribution is 5.68. The summed E-state index contributed by atoms with van der Waals surface area (Å²) in [6.07, 6.45) is -0.217. The lowest BCUT2D eigenvalue weighted by atomic mass is 10.2. The minimum atomic E-state index is -0.428. The van der Waals surface area contributed by atoms with E-state index in [1.54, 1.807) is 4.90 Å². The molecule has 1 aliphatic heterocycles. The van der Waals surface area contributed by atoms with E-state index in [1.165, 1.54) is 0 Å². The predicted octanol–water partition coefficient (Wildman–Crippen LogP) is 0.121. The fourth-order valence-electron chi connectivity index (χ4n) is 1.92. The maximum Gasteiger partial charge on any atom is 0.410 e.